The lowest BCUT2D eigenvalue weighted by Gasteiger charge is -2.05. The Hall–Kier alpha value is -3.26. The van der Waals surface area contributed by atoms with Gasteiger partial charge in [0.05, 0.1) is 29.5 Å². The average molecular weight is 367 g/mol. The molecule has 3 aromatic heterocycles. The molecule has 130 valence electrons. The SMILES string of the molecule is O=C(Cc1n[nH]c(=O)c2ccccc12)OCc1csc(-c2ccco2)n1. The number of hydrogen-bond acceptors (Lipinski definition) is 7. The zero-order valence-electron chi connectivity index (χ0n) is 13.5. The Bertz CT molecular complexity index is 1110. The van der Waals surface area contributed by atoms with Gasteiger partial charge < -0.3 is 9.15 Å². The molecule has 8 heteroatoms. The van der Waals surface area contributed by atoms with Crippen LogP contribution in [0.2, 0.25) is 0 Å². The van der Waals surface area contributed by atoms with Crippen LogP contribution < -0.4 is 5.56 Å². The van der Waals surface area contributed by atoms with Crippen molar-refractivity contribution in [3.63, 3.8) is 0 Å². The first-order valence-corrected chi connectivity index (χ1v) is 8.69. The number of esters is 1. The summed E-state index contributed by atoms with van der Waals surface area (Å²) in [6.45, 7) is 0.0668. The summed E-state index contributed by atoms with van der Waals surface area (Å²) in [5.41, 5.74) is 0.833. The highest BCUT2D eigenvalue weighted by atomic mass is 32.1. The van der Waals surface area contributed by atoms with Gasteiger partial charge in [0.1, 0.15) is 6.61 Å². The number of aromatic nitrogens is 3. The van der Waals surface area contributed by atoms with Crippen molar-refractivity contribution in [1.82, 2.24) is 15.2 Å². The van der Waals surface area contributed by atoms with Crippen LogP contribution in [-0.2, 0) is 22.6 Å². The second kappa shape index (κ2) is 6.93. The number of benzene rings is 1. The van der Waals surface area contributed by atoms with Crippen LogP contribution in [0.5, 0.6) is 0 Å². The van der Waals surface area contributed by atoms with Crippen LogP contribution in [0.1, 0.15) is 11.4 Å². The number of ether oxygens (including phenoxy) is 1. The molecule has 0 spiro atoms. The normalized spacial score (nSPS) is 10.9. The van der Waals surface area contributed by atoms with Gasteiger partial charge in [-0.2, -0.15) is 5.10 Å². The highest BCUT2D eigenvalue weighted by Crippen LogP contribution is 2.24. The Morgan fingerprint density at radius 3 is 2.85 bits per heavy atom. The van der Waals surface area contributed by atoms with E-state index in [4.69, 9.17) is 9.15 Å². The number of furan rings is 1. The minimum absolute atomic E-state index is 0.0352. The van der Waals surface area contributed by atoms with E-state index in [1.54, 1.807) is 36.6 Å². The minimum Gasteiger partial charge on any atom is -0.462 e. The molecule has 26 heavy (non-hydrogen) atoms. The Morgan fingerprint density at radius 2 is 2.04 bits per heavy atom. The molecule has 1 N–H and O–H groups in total. The lowest BCUT2D eigenvalue weighted by Crippen LogP contribution is -2.15. The van der Waals surface area contributed by atoms with Crippen LogP contribution in [0.3, 0.4) is 0 Å². The van der Waals surface area contributed by atoms with Crippen LogP contribution in [0.4, 0.5) is 0 Å². The van der Waals surface area contributed by atoms with Gasteiger partial charge in [0, 0.05) is 10.8 Å². The van der Waals surface area contributed by atoms with Gasteiger partial charge in [-0.05, 0) is 18.2 Å². The summed E-state index contributed by atoms with van der Waals surface area (Å²) >= 11 is 1.42. The first-order chi connectivity index (χ1) is 12.7. The van der Waals surface area contributed by atoms with E-state index < -0.39 is 5.97 Å². The molecule has 0 unspecified atom stereocenters. The summed E-state index contributed by atoms with van der Waals surface area (Å²) in [7, 11) is 0. The second-order valence-electron chi connectivity index (χ2n) is 5.50. The van der Waals surface area contributed by atoms with Crippen LogP contribution in [0.15, 0.2) is 57.3 Å². The Labute approximate surface area is 151 Å². The number of nitrogens with one attached hydrogen (secondary N) is 1. The zero-order valence-corrected chi connectivity index (χ0v) is 14.3. The Morgan fingerprint density at radius 1 is 1.19 bits per heavy atom. The lowest BCUT2D eigenvalue weighted by atomic mass is 10.1. The zero-order chi connectivity index (χ0) is 17.9. The van der Waals surface area contributed by atoms with Crippen molar-refractivity contribution < 1.29 is 13.9 Å². The number of carbonyl (C=O) groups is 1. The summed E-state index contributed by atoms with van der Waals surface area (Å²) in [5, 5.41) is 10.1. The molecule has 4 aromatic rings. The third kappa shape index (κ3) is 3.27. The standard InChI is InChI=1S/C18H13N3O4S/c22-16(8-14-12-4-1-2-5-13(12)17(23)21-20-14)25-9-11-10-26-18(19-11)15-6-3-7-24-15/h1-7,10H,8-9H2,(H,21,23). The van der Waals surface area contributed by atoms with Crippen molar-refractivity contribution in [2.45, 2.75) is 13.0 Å². The molecule has 0 aliphatic rings. The third-order valence-electron chi connectivity index (χ3n) is 3.75. The van der Waals surface area contributed by atoms with Gasteiger partial charge in [-0.15, -0.1) is 11.3 Å². The molecular formula is C18H13N3O4S. The van der Waals surface area contributed by atoms with Gasteiger partial charge in [0.25, 0.3) is 5.56 Å². The number of carbonyl (C=O) groups excluding carboxylic acids is 1. The molecule has 0 fully saturated rings. The van der Waals surface area contributed by atoms with E-state index in [1.807, 2.05) is 11.4 Å². The number of hydrogen-bond donors (Lipinski definition) is 1. The van der Waals surface area contributed by atoms with Crippen molar-refractivity contribution in [2.75, 3.05) is 0 Å². The maximum absolute atomic E-state index is 12.2. The first-order valence-electron chi connectivity index (χ1n) is 7.81. The highest BCUT2D eigenvalue weighted by molar-refractivity contribution is 7.13. The molecule has 4 rings (SSSR count). The van der Waals surface area contributed by atoms with Crippen LogP contribution >= 0.6 is 11.3 Å². The Balaban J connectivity index is 1.44. The fourth-order valence-corrected chi connectivity index (χ4v) is 3.31. The number of aromatic amines is 1. The van der Waals surface area contributed by atoms with Crippen molar-refractivity contribution in [3.8, 4) is 10.8 Å². The Kier molecular flexibility index (Phi) is 4.32. The molecule has 0 aliphatic carbocycles. The van der Waals surface area contributed by atoms with Gasteiger partial charge in [-0.3, -0.25) is 9.59 Å². The first kappa shape index (κ1) is 16.2. The fraction of sp³-hybridized carbons (Fsp3) is 0.111. The molecule has 3 heterocycles. The monoisotopic (exact) mass is 367 g/mol. The maximum atomic E-state index is 12.2. The largest absolute Gasteiger partial charge is 0.462 e. The molecule has 1 aromatic carbocycles. The van der Waals surface area contributed by atoms with Gasteiger partial charge in [0.15, 0.2) is 10.8 Å². The highest BCUT2D eigenvalue weighted by Gasteiger charge is 2.13. The fourth-order valence-electron chi connectivity index (χ4n) is 2.54. The predicted molar refractivity (Wildman–Crippen MR) is 95.7 cm³/mol. The van der Waals surface area contributed by atoms with Gasteiger partial charge in [-0.25, -0.2) is 10.1 Å². The molecule has 0 saturated carbocycles. The van der Waals surface area contributed by atoms with E-state index in [2.05, 4.69) is 15.2 Å². The smallest absolute Gasteiger partial charge is 0.312 e. The molecule has 0 radical (unpaired) electrons. The van der Waals surface area contributed by atoms with E-state index in [1.165, 1.54) is 11.3 Å². The molecule has 0 bridgehead atoms. The van der Waals surface area contributed by atoms with Crippen LogP contribution in [0.25, 0.3) is 21.5 Å². The topological polar surface area (TPSA) is 98.1 Å². The number of H-pyrrole nitrogens is 1. The summed E-state index contributed by atoms with van der Waals surface area (Å²) in [6, 6.07) is 10.6. The lowest BCUT2D eigenvalue weighted by molar-refractivity contribution is -0.144. The number of fused-ring (bicyclic) bond motifs is 1. The summed E-state index contributed by atoms with van der Waals surface area (Å²) < 4.78 is 10.6. The van der Waals surface area contributed by atoms with Crippen LogP contribution in [0, 0.1) is 0 Å². The van der Waals surface area contributed by atoms with Crippen molar-refractivity contribution in [1.29, 1.82) is 0 Å². The van der Waals surface area contributed by atoms with Crippen LogP contribution in [-0.4, -0.2) is 21.2 Å². The third-order valence-corrected chi connectivity index (χ3v) is 4.66. The number of thiazole rings is 1. The van der Waals surface area contributed by atoms with Gasteiger partial charge in [0.2, 0.25) is 0 Å². The quantitative estimate of drug-likeness (QED) is 0.545. The van der Waals surface area contributed by atoms with Crippen molar-refractivity contribution in [2.24, 2.45) is 0 Å². The molecule has 7 nitrogen and oxygen atoms in total. The van der Waals surface area contributed by atoms with E-state index >= 15 is 0 Å². The van der Waals surface area contributed by atoms with Gasteiger partial charge in [-0.1, -0.05) is 18.2 Å². The maximum Gasteiger partial charge on any atom is 0.312 e. The van der Waals surface area contributed by atoms with Gasteiger partial charge >= 0.3 is 5.97 Å². The summed E-state index contributed by atoms with van der Waals surface area (Å²) in [4.78, 5) is 28.3. The van der Waals surface area contributed by atoms with E-state index in [9.17, 15) is 9.59 Å². The summed E-state index contributed by atoms with van der Waals surface area (Å²) in [5.74, 6) is 0.235. The van der Waals surface area contributed by atoms with E-state index in [-0.39, 0.29) is 18.6 Å². The number of rotatable bonds is 5. The molecular weight excluding hydrogens is 354 g/mol. The summed E-state index contributed by atoms with van der Waals surface area (Å²) in [6.07, 6.45) is 1.55. The van der Waals surface area contributed by atoms with E-state index in [0.29, 0.717) is 27.9 Å². The average Bonchev–Trinajstić information content (AvgIpc) is 3.34. The van der Waals surface area contributed by atoms with E-state index in [0.717, 1.165) is 5.01 Å². The molecule has 0 saturated heterocycles. The second-order valence-corrected chi connectivity index (χ2v) is 6.36. The molecule has 0 atom stereocenters. The molecule has 0 aliphatic heterocycles. The van der Waals surface area contributed by atoms with Crippen molar-refractivity contribution >= 4 is 28.1 Å². The minimum atomic E-state index is -0.442. The number of nitrogens with zero attached hydrogens (tertiary/aromatic N) is 2. The molecule has 0 amide bonds. The van der Waals surface area contributed by atoms with Crippen molar-refractivity contribution in [3.05, 3.63) is 69.8 Å². The predicted octanol–water partition coefficient (Wildman–Crippen LogP) is 2.93.